The van der Waals surface area contributed by atoms with E-state index >= 15 is 0 Å². The molecule has 7 heteroatoms. The van der Waals surface area contributed by atoms with Crippen LogP contribution in [0.4, 0.5) is 13.2 Å². The Balaban J connectivity index is 2.38. The number of nitrogens with zero attached hydrogens (tertiary/aromatic N) is 1. The molecule has 0 spiro atoms. The molecule has 0 amide bonds. The second-order valence-electron chi connectivity index (χ2n) is 3.89. The van der Waals surface area contributed by atoms with E-state index in [1.165, 1.54) is 24.7 Å². The fourth-order valence-electron chi connectivity index (χ4n) is 1.62. The molecule has 0 saturated carbocycles. The molecule has 0 radical (unpaired) electrons. The predicted molar refractivity (Wildman–Crippen MR) is 64.1 cm³/mol. The van der Waals surface area contributed by atoms with E-state index in [0.29, 0.717) is 5.56 Å². The zero-order valence-electron chi connectivity index (χ0n) is 9.46. The van der Waals surface area contributed by atoms with Gasteiger partial charge in [-0.25, -0.2) is 4.98 Å². The van der Waals surface area contributed by atoms with Gasteiger partial charge in [-0.2, -0.15) is 13.2 Å². The summed E-state index contributed by atoms with van der Waals surface area (Å²) in [6, 6.07) is 3.56. The number of hydrogen-bond acceptors (Lipinski definition) is 2. The van der Waals surface area contributed by atoms with E-state index in [4.69, 9.17) is 11.6 Å². The molecule has 2 rings (SSSR count). The van der Waals surface area contributed by atoms with Gasteiger partial charge in [-0.3, -0.25) is 4.79 Å². The van der Waals surface area contributed by atoms with Crippen LogP contribution in [0.15, 0.2) is 35.5 Å². The van der Waals surface area contributed by atoms with Gasteiger partial charge in [0.1, 0.15) is 0 Å². The number of benzene rings is 1. The normalized spacial score (nSPS) is 11.6. The Morgan fingerprint density at radius 1 is 1.32 bits per heavy atom. The molecule has 100 valence electrons. The van der Waals surface area contributed by atoms with Gasteiger partial charge in [-0.05, 0) is 17.7 Å². The predicted octanol–water partition coefficient (Wildman–Crippen LogP) is 3.03. The summed E-state index contributed by atoms with van der Waals surface area (Å²) in [4.78, 5) is 17.5. The summed E-state index contributed by atoms with van der Waals surface area (Å²) in [6.07, 6.45) is -1.92. The summed E-state index contributed by atoms with van der Waals surface area (Å²) >= 11 is 5.51. The largest absolute Gasteiger partial charge is 0.417 e. The summed E-state index contributed by atoms with van der Waals surface area (Å²) in [5.41, 5.74) is -0.654. The van der Waals surface area contributed by atoms with Crippen molar-refractivity contribution >= 4 is 11.6 Å². The van der Waals surface area contributed by atoms with Crippen LogP contribution in [0.1, 0.15) is 16.7 Å². The lowest BCUT2D eigenvalue weighted by atomic mass is 10.0. The molecule has 0 aliphatic carbocycles. The number of aromatic nitrogens is 2. The van der Waals surface area contributed by atoms with E-state index in [1.54, 1.807) is 0 Å². The van der Waals surface area contributed by atoms with Crippen molar-refractivity contribution in [1.29, 1.82) is 0 Å². The molecule has 0 fully saturated rings. The highest BCUT2D eigenvalue weighted by Gasteiger charge is 2.33. The van der Waals surface area contributed by atoms with Crippen LogP contribution in [0, 0.1) is 0 Å². The first-order valence-corrected chi connectivity index (χ1v) is 5.63. The lowest BCUT2D eigenvalue weighted by molar-refractivity contribution is -0.137. The first-order valence-electron chi connectivity index (χ1n) is 5.25. The summed E-state index contributed by atoms with van der Waals surface area (Å²) in [6.45, 7) is 0. The average Bonchev–Trinajstić information content (AvgIpc) is 2.33. The SMILES string of the molecule is O=c1[nH]cncc1Cc1ccc(Cl)c(C(F)(F)F)c1. The van der Waals surface area contributed by atoms with Crippen molar-refractivity contribution in [3.8, 4) is 0 Å². The minimum atomic E-state index is -4.52. The van der Waals surface area contributed by atoms with Gasteiger partial charge in [0, 0.05) is 18.2 Å². The Morgan fingerprint density at radius 2 is 2.05 bits per heavy atom. The van der Waals surface area contributed by atoms with E-state index in [1.807, 2.05) is 0 Å². The number of aromatic amines is 1. The summed E-state index contributed by atoms with van der Waals surface area (Å²) in [7, 11) is 0. The van der Waals surface area contributed by atoms with Crippen LogP contribution in [-0.4, -0.2) is 9.97 Å². The maximum atomic E-state index is 12.7. The van der Waals surface area contributed by atoms with E-state index in [-0.39, 0.29) is 22.6 Å². The third-order valence-electron chi connectivity index (χ3n) is 2.52. The van der Waals surface area contributed by atoms with E-state index in [2.05, 4.69) is 9.97 Å². The van der Waals surface area contributed by atoms with Crippen molar-refractivity contribution in [2.75, 3.05) is 0 Å². The van der Waals surface area contributed by atoms with E-state index < -0.39 is 11.7 Å². The van der Waals surface area contributed by atoms with Gasteiger partial charge in [-0.1, -0.05) is 17.7 Å². The van der Waals surface area contributed by atoms with Crippen molar-refractivity contribution in [1.82, 2.24) is 9.97 Å². The van der Waals surface area contributed by atoms with E-state index in [0.717, 1.165) is 6.07 Å². The Hall–Kier alpha value is -1.82. The van der Waals surface area contributed by atoms with E-state index in [9.17, 15) is 18.0 Å². The topological polar surface area (TPSA) is 45.8 Å². The standard InChI is InChI=1S/C12H8ClF3N2O/c13-10-2-1-7(4-9(10)12(14,15)16)3-8-5-17-6-18-11(8)19/h1-2,4-6H,3H2,(H,17,18,19). The maximum absolute atomic E-state index is 12.7. The Bertz CT molecular complexity index is 652. The molecule has 3 nitrogen and oxygen atoms in total. The highest BCUT2D eigenvalue weighted by atomic mass is 35.5. The molecular weight excluding hydrogens is 281 g/mol. The summed E-state index contributed by atoms with van der Waals surface area (Å²) in [5, 5.41) is -0.364. The summed E-state index contributed by atoms with van der Waals surface area (Å²) in [5.74, 6) is 0. The molecule has 0 saturated heterocycles. The van der Waals surface area contributed by atoms with Crippen molar-refractivity contribution in [3.05, 3.63) is 62.8 Å². The lowest BCUT2D eigenvalue weighted by Crippen LogP contribution is -2.13. The fourth-order valence-corrected chi connectivity index (χ4v) is 1.84. The molecule has 0 bridgehead atoms. The quantitative estimate of drug-likeness (QED) is 0.923. The Kier molecular flexibility index (Phi) is 3.61. The van der Waals surface area contributed by atoms with Crippen LogP contribution in [0.25, 0.3) is 0 Å². The van der Waals surface area contributed by atoms with Crippen molar-refractivity contribution in [3.63, 3.8) is 0 Å². The maximum Gasteiger partial charge on any atom is 0.417 e. The number of hydrogen-bond donors (Lipinski definition) is 1. The minimum absolute atomic E-state index is 0.0590. The van der Waals surface area contributed by atoms with Crippen LogP contribution in [0.2, 0.25) is 5.02 Å². The fraction of sp³-hybridized carbons (Fsp3) is 0.167. The van der Waals surface area contributed by atoms with Gasteiger partial charge in [-0.15, -0.1) is 0 Å². The van der Waals surface area contributed by atoms with Crippen LogP contribution in [-0.2, 0) is 12.6 Å². The molecule has 1 aromatic heterocycles. The van der Waals surface area contributed by atoms with Gasteiger partial charge in [0.25, 0.3) is 5.56 Å². The van der Waals surface area contributed by atoms with Gasteiger partial charge < -0.3 is 4.98 Å². The second-order valence-corrected chi connectivity index (χ2v) is 4.30. The second kappa shape index (κ2) is 5.05. The van der Waals surface area contributed by atoms with Gasteiger partial charge in [0.05, 0.1) is 16.9 Å². The molecule has 2 aromatic rings. The van der Waals surface area contributed by atoms with Crippen LogP contribution in [0.3, 0.4) is 0 Å². The van der Waals surface area contributed by atoms with Crippen molar-refractivity contribution in [2.24, 2.45) is 0 Å². The molecule has 0 aliphatic rings. The number of halogens is 4. The molecule has 0 atom stereocenters. The number of H-pyrrole nitrogens is 1. The van der Waals surface area contributed by atoms with Crippen molar-refractivity contribution in [2.45, 2.75) is 12.6 Å². The molecule has 0 aliphatic heterocycles. The van der Waals surface area contributed by atoms with Gasteiger partial charge >= 0.3 is 6.18 Å². The zero-order valence-corrected chi connectivity index (χ0v) is 10.2. The number of alkyl halides is 3. The monoisotopic (exact) mass is 288 g/mol. The molecular formula is C12H8ClF3N2O. The first-order chi connectivity index (χ1) is 8.88. The average molecular weight is 289 g/mol. The van der Waals surface area contributed by atoms with Gasteiger partial charge in [0.15, 0.2) is 0 Å². The molecule has 1 aromatic carbocycles. The smallest absolute Gasteiger partial charge is 0.313 e. The molecule has 19 heavy (non-hydrogen) atoms. The minimum Gasteiger partial charge on any atom is -0.313 e. The van der Waals surface area contributed by atoms with Crippen LogP contribution < -0.4 is 5.56 Å². The first kappa shape index (κ1) is 13.6. The van der Waals surface area contributed by atoms with Gasteiger partial charge in [0.2, 0.25) is 0 Å². The number of rotatable bonds is 2. The molecule has 1 N–H and O–H groups in total. The molecule has 0 unspecified atom stereocenters. The lowest BCUT2D eigenvalue weighted by Gasteiger charge is -2.10. The van der Waals surface area contributed by atoms with Crippen LogP contribution in [0.5, 0.6) is 0 Å². The third kappa shape index (κ3) is 3.14. The van der Waals surface area contributed by atoms with Crippen LogP contribution >= 0.6 is 11.6 Å². The summed E-state index contributed by atoms with van der Waals surface area (Å²) < 4.78 is 38.0. The third-order valence-corrected chi connectivity index (χ3v) is 2.85. The Labute approximate surface area is 111 Å². The highest BCUT2D eigenvalue weighted by Crippen LogP contribution is 2.35. The number of nitrogens with one attached hydrogen (secondary N) is 1. The Morgan fingerprint density at radius 3 is 2.68 bits per heavy atom. The zero-order chi connectivity index (χ0) is 14.0. The molecule has 1 heterocycles. The highest BCUT2D eigenvalue weighted by molar-refractivity contribution is 6.31. The van der Waals surface area contributed by atoms with Crippen molar-refractivity contribution < 1.29 is 13.2 Å².